The minimum Gasteiger partial charge on any atom is -0.466 e. The SMILES string of the molecule is CCC/C(=C\CP(=O)(OCC)OCC)C(=O)OC. The molecule has 0 radical (unpaired) electrons. The number of allylic oxidation sites excluding steroid dienone is 1. The van der Waals surface area contributed by atoms with Crippen LogP contribution in [0.2, 0.25) is 0 Å². The molecule has 0 saturated carbocycles. The van der Waals surface area contributed by atoms with Crippen LogP contribution in [-0.2, 0) is 23.1 Å². The standard InChI is InChI=1S/C12H23O5P/c1-5-8-11(12(13)15-4)9-10-18(14,16-6-2)17-7-3/h9H,5-8,10H2,1-4H3/b11-9+. The number of rotatable bonds is 9. The number of methoxy groups -OCH3 is 1. The molecule has 0 atom stereocenters. The largest absolute Gasteiger partial charge is 0.466 e. The van der Waals surface area contributed by atoms with Gasteiger partial charge < -0.3 is 13.8 Å². The normalized spacial score (nSPS) is 12.6. The van der Waals surface area contributed by atoms with Gasteiger partial charge in [-0.2, -0.15) is 0 Å². The molecule has 5 nitrogen and oxygen atoms in total. The van der Waals surface area contributed by atoms with Crippen molar-refractivity contribution in [2.24, 2.45) is 0 Å². The first-order valence-electron chi connectivity index (χ1n) is 6.18. The molecule has 0 aromatic rings. The zero-order valence-electron chi connectivity index (χ0n) is 11.6. The maximum Gasteiger partial charge on any atom is 0.334 e. The van der Waals surface area contributed by atoms with Gasteiger partial charge in [0.05, 0.1) is 26.5 Å². The third-order valence-electron chi connectivity index (χ3n) is 2.18. The molecule has 6 heteroatoms. The van der Waals surface area contributed by atoms with Crippen LogP contribution in [0.4, 0.5) is 0 Å². The lowest BCUT2D eigenvalue weighted by Crippen LogP contribution is -2.06. The molecule has 0 saturated heterocycles. The number of hydrogen-bond acceptors (Lipinski definition) is 5. The highest BCUT2D eigenvalue weighted by Gasteiger charge is 2.22. The molecule has 0 aromatic heterocycles. The first-order chi connectivity index (χ1) is 8.52. The molecule has 0 spiro atoms. The van der Waals surface area contributed by atoms with Crippen molar-refractivity contribution >= 4 is 13.6 Å². The zero-order valence-corrected chi connectivity index (χ0v) is 12.5. The Morgan fingerprint density at radius 3 is 2.11 bits per heavy atom. The van der Waals surface area contributed by atoms with Crippen molar-refractivity contribution in [2.45, 2.75) is 33.6 Å². The molecule has 0 bridgehead atoms. The number of carbonyl (C=O) groups is 1. The van der Waals surface area contributed by atoms with Crippen molar-refractivity contribution in [1.29, 1.82) is 0 Å². The topological polar surface area (TPSA) is 61.8 Å². The number of carbonyl (C=O) groups excluding carboxylic acids is 1. The minimum absolute atomic E-state index is 0.0963. The molecule has 0 aromatic carbocycles. The Hall–Kier alpha value is -0.640. The van der Waals surface area contributed by atoms with Crippen molar-refractivity contribution in [3.63, 3.8) is 0 Å². The van der Waals surface area contributed by atoms with Crippen molar-refractivity contribution in [3.8, 4) is 0 Å². The molecule has 0 amide bonds. The molecular weight excluding hydrogens is 255 g/mol. The van der Waals surface area contributed by atoms with Crippen LogP contribution in [0.3, 0.4) is 0 Å². The van der Waals surface area contributed by atoms with E-state index in [4.69, 9.17) is 9.05 Å². The van der Waals surface area contributed by atoms with Gasteiger partial charge in [-0.15, -0.1) is 0 Å². The smallest absolute Gasteiger partial charge is 0.334 e. The van der Waals surface area contributed by atoms with Crippen molar-refractivity contribution in [3.05, 3.63) is 11.6 Å². The Bertz CT molecular complexity index is 314. The van der Waals surface area contributed by atoms with E-state index in [2.05, 4.69) is 4.74 Å². The summed E-state index contributed by atoms with van der Waals surface area (Å²) in [7, 11) is -1.80. The Balaban J connectivity index is 4.79. The number of ether oxygens (including phenoxy) is 1. The second kappa shape index (κ2) is 9.31. The van der Waals surface area contributed by atoms with Crippen LogP contribution in [-0.4, -0.2) is 32.5 Å². The lowest BCUT2D eigenvalue weighted by Gasteiger charge is -2.15. The van der Waals surface area contributed by atoms with Crippen LogP contribution in [0.5, 0.6) is 0 Å². The van der Waals surface area contributed by atoms with Crippen molar-refractivity contribution < 1.29 is 23.1 Å². The average molecular weight is 278 g/mol. The number of esters is 1. The van der Waals surface area contributed by atoms with E-state index in [0.29, 0.717) is 25.2 Å². The lowest BCUT2D eigenvalue weighted by atomic mass is 10.1. The summed E-state index contributed by atoms with van der Waals surface area (Å²) >= 11 is 0. The Morgan fingerprint density at radius 1 is 1.17 bits per heavy atom. The summed E-state index contributed by atoms with van der Waals surface area (Å²) in [4.78, 5) is 11.5. The molecule has 0 aliphatic heterocycles. The fourth-order valence-corrected chi connectivity index (χ4v) is 2.96. The van der Waals surface area contributed by atoms with Gasteiger partial charge in [-0.3, -0.25) is 4.57 Å². The van der Waals surface area contributed by atoms with Crippen LogP contribution in [0.15, 0.2) is 11.6 Å². The zero-order chi connectivity index (χ0) is 14.0. The lowest BCUT2D eigenvalue weighted by molar-refractivity contribution is -0.136. The van der Waals surface area contributed by atoms with E-state index < -0.39 is 13.6 Å². The summed E-state index contributed by atoms with van der Waals surface area (Å²) in [5.74, 6) is -0.392. The van der Waals surface area contributed by atoms with Crippen molar-refractivity contribution in [2.75, 3.05) is 26.5 Å². The summed E-state index contributed by atoms with van der Waals surface area (Å²) in [5.41, 5.74) is 0.514. The molecule has 0 aliphatic carbocycles. The van der Waals surface area contributed by atoms with Gasteiger partial charge in [0.15, 0.2) is 0 Å². The maximum atomic E-state index is 12.2. The third kappa shape index (κ3) is 6.34. The molecule has 0 N–H and O–H groups in total. The van der Waals surface area contributed by atoms with Crippen molar-refractivity contribution in [1.82, 2.24) is 0 Å². The summed E-state index contributed by atoms with van der Waals surface area (Å²) in [6.07, 6.45) is 3.10. The maximum absolute atomic E-state index is 12.2. The van der Waals surface area contributed by atoms with E-state index in [9.17, 15) is 9.36 Å². The third-order valence-corrected chi connectivity index (χ3v) is 4.11. The summed E-state index contributed by atoms with van der Waals surface area (Å²) in [5, 5.41) is 0. The van der Waals surface area contributed by atoms with Gasteiger partial charge in [-0.1, -0.05) is 19.4 Å². The van der Waals surface area contributed by atoms with Crippen LogP contribution in [0.25, 0.3) is 0 Å². The summed E-state index contributed by atoms with van der Waals surface area (Å²) in [6.45, 7) is 6.09. The molecule has 0 heterocycles. The van der Waals surface area contributed by atoms with Gasteiger partial charge >= 0.3 is 13.6 Å². The van der Waals surface area contributed by atoms with Gasteiger partial charge in [0.1, 0.15) is 0 Å². The molecule has 0 rings (SSSR count). The summed E-state index contributed by atoms with van der Waals surface area (Å²) < 4.78 is 27.2. The highest BCUT2D eigenvalue weighted by molar-refractivity contribution is 7.54. The first-order valence-corrected chi connectivity index (χ1v) is 7.91. The van der Waals surface area contributed by atoms with Gasteiger partial charge in [-0.25, -0.2) is 4.79 Å². The van der Waals surface area contributed by atoms with Gasteiger partial charge in [0.25, 0.3) is 0 Å². The molecule has 106 valence electrons. The summed E-state index contributed by atoms with van der Waals surface area (Å²) in [6, 6.07) is 0. The monoisotopic (exact) mass is 278 g/mol. The highest BCUT2D eigenvalue weighted by Crippen LogP contribution is 2.48. The van der Waals surface area contributed by atoms with E-state index in [1.54, 1.807) is 19.9 Å². The Kier molecular flexibility index (Phi) is 8.98. The van der Waals surface area contributed by atoms with E-state index >= 15 is 0 Å². The van der Waals surface area contributed by atoms with Crippen LogP contribution >= 0.6 is 7.60 Å². The van der Waals surface area contributed by atoms with Gasteiger partial charge in [0, 0.05) is 5.57 Å². The fourth-order valence-electron chi connectivity index (χ4n) is 1.45. The molecule has 0 fully saturated rings. The minimum atomic E-state index is -3.13. The molecule has 0 unspecified atom stereocenters. The first kappa shape index (κ1) is 17.4. The van der Waals surface area contributed by atoms with Crippen LogP contribution in [0, 0.1) is 0 Å². The van der Waals surface area contributed by atoms with Crippen LogP contribution < -0.4 is 0 Å². The van der Waals surface area contributed by atoms with Gasteiger partial charge in [-0.05, 0) is 20.3 Å². The quantitative estimate of drug-likeness (QED) is 0.368. The average Bonchev–Trinajstić information content (AvgIpc) is 2.34. The fraction of sp³-hybridized carbons (Fsp3) is 0.750. The number of hydrogen-bond donors (Lipinski definition) is 0. The van der Waals surface area contributed by atoms with Crippen LogP contribution in [0.1, 0.15) is 33.6 Å². The van der Waals surface area contributed by atoms with E-state index in [1.165, 1.54) is 7.11 Å². The molecule has 0 aliphatic rings. The predicted octanol–water partition coefficient (Wildman–Crippen LogP) is 3.15. The Labute approximate surface area is 109 Å². The van der Waals surface area contributed by atoms with E-state index in [-0.39, 0.29) is 6.16 Å². The highest BCUT2D eigenvalue weighted by atomic mass is 31.2. The van der Waals surface area contributed by atoms with Gasteiger partial charge in [0.2, 0.25) is 0 Å². The van der Waals surface area contributed by atoms with E-state index in [0.717, 1.165) is 6.42 Å². The van der Waals surface area contributed by atoms with E-state index in [1.807, 2.05) is 6.92 Å². The predicted molar refractivity (Wildman–Crippen MR) is 70.7 cm³/mol. The molecule has 18 heavy (non-hydrogen) atoms. The second-order valence-corrected chi connectivity index (χ2v) is 5.70. The Morgan fingerprint density at radius 2 is 1.72 bits per heavy atom. The second-order valence-electron chi connectivity index (χ2n) is 3.60. The molecular formula is C12H23O5P.